The molecule has 0 radical (unpaired) electrons. The molecule has 2 rings (SSSR count). The standard InChI is InChI=1S/C10H8O2.ClH/c11-9-5-1-3-7-8(9)4-2-6-10(7)12;/h1-6,11-12H;1H. The van der Waals surface area contributed by atoms with Crippen LogP contribution in [0.3, 0.4) is 0 Å². The minimum Gasteiger partial charge on any atom is -0.507 e. The van der Waals surface area contributed by atoms with Crippen molar-refractivity contribution >= 4 is 23.2 Å². The highest BCUT2D eigenvalue weighted by Gasteiger charge is 2.00. The van der Waals surface area contributed by atoms with E-state index in [9.17, 15) is 10.2 Å². The van der Waals surface area contributed by atoms with Crippen LogP contribution in [0.5, 0.6) is 11.5 Å². The third kappa shape index (κ3) is 1.53. The van der Waals surface area contributed by atoms with Gasteiger partial charge in [-0.15, -0.1) is 12.4 Å². The Morgan fingerprint density at radius 3 is 1.46 bits per heavy atom. The van der Waals surface area contributed by atoms with Crippen molar-refractivity contribution in [1.82, 2.24) is 0 Å². The Labute approximate surface area is 81.9 Å². The van der Waals surface area contributed by atoms with Gasteiger partial charge in [0.1, 0.15) is 11.5 Å². The molecule has 0 saturated carbocycles. The summed E-state index contributed by atoms with van der Waals surface area (Å²) in [6.45, 7) is 0. The fraction of sp³-hybridized carbons (Fsp3) is 0. The number of benzene rings is 2. The minimum absolute atomic E-state index is 0. The lowest BCUT2D eigenvalue weighted by Crippen LogP contribution is -1.73. The summed E-state index contributed by atoms with van der Waals surface area (Å²) in [6.07, 6.45) is 0. The van der Waals surface area contributed by atoms with Gasteiger partial charge in [-0.05, 0) is 12.1 Å². The fourth-order valence-corrected chi connectivity index (χ4v) is 1.28. The number of phenols is 2. The van der Waals surface area contributed by atoms with Crippen LogP contribution >= 0.6 is 12.4 Å². The van der Waals surface area contributed by atoms with Crippen LogP contribution in [0.15, 0.2) is 36.4 Å². The molecule has 0 aliphatic carbocycles. The maximum absolute atomic E-state index is 9.38. The number of phenolic OH excluding ortho intramolecular Hbond substituents is 2. The molecule has 0 heterocycles. The van der Waals surface area contributed by atoms with Crippen LogP contribution in [0.25, 0.3) is 10.8 Å². The summed E-state index contributed by atoms with van der Waals surface area (Å²) in [6, 6.07) is 10.1. The molecule has 0 atom stereocenters. The first-order chi connectivity index (χ1) is 5.79. The molecule has 2 N–H and O–H groups in total. The SMILES string of the molecule is Cl.Oc1cccc2c(O)cccc12. The van der Waals surface area contributed by atoms with Gasteiger partial charge in [-0.3, -0.25) is 0 Å². The molecule has 68 valence electrons. The van der Waals surface area contributed by atoms with E-state index in [1.54, 1.807) is 36.4 Å². The largest absolute Gasteiger partial charge is 0.507 e. The average molecular weight is 197 g/mol. The smallest absolute Gasteiger partial charge is 0.123 e. The Hall–Kier alpha value is -1.41. The molecule has 0 aliphatic heterocycles. The summed E-state index contributed by atoms with van der Waals surface area (Å²) in [4.78, 5) is 0. The van der Waals surface area contributed by atoms with Crippen molar-refractivity contribution in [3.63, 3.8) is 0 Å². The number of fused-ring (bicyclic) bond motifs is 1. The Kier molecular flexibility index (Phi) is 2.63. The first kappa shape index (κ1) is 9.68. The van der Waals surface area contributed by atoms with Crippen molar-refractivity contribution in [2.45, 2.75) is 0 Å². The van der Waals surface area contributed by atoms with E-state index in [0.717, 1.165) is 0 Å². The van der Waals surface area contributed by atoms with Crippen molar-refractivity contribution < 1.29 is 10.2 Å². The molecule has 0 bridgehead atoms. The van der Waals surface area contributed by atoms with Gasteiger partial charge in [-0.1, -0.05) is 24.3 Å². The van der Waals surface area contributed by atoms with E-state index in [1.807, 2.05) is 0 Å². The van der Waals surface area contributed by atoms with Gasteiger partial charge in [-0.2, -0.15) is 0 Å². The number of aromatic hydroxyl groups is 2. The lowest BCUT2D eigenvalue weighted by molar-refractivity contribution is 0.475. The van der Waals surface area contributed by atoms with Gasteiger partial charge in [0.15, 0.2) is 0 Å². The first-order valence-corrected chi connectivity index (χ1v) is 3.69. The van der Waals surface area contributed by atoms with Gasteiger partial charge in [0.25, 0.3) is 0 Å². The summed E-state index contributed by atoms with van der Waals surface area (Å²) in [5.41, 5.74) is 0. The zero-order chi connectivity index (χ0) is 8.55. The summed E-state index contributed by atoms with van der Waals surface area (Å²) < 4.78 is 0. The highest BCUT2D eigenvalue weighted by atomic mass is 35.5. The molecule has 13 heavy (non-hydrogen) atoms. The quantitative estimate of drug-likeness (QED) is 0.680. The molecule has 0 fully saturated rings. The van der Waals surface area contributed by atoms with Crippen LogP contribution < -0.4 is 0 Å². The molecule has 0 aromatic heterocycles. The Morgan fingerprint density at radius 2 is 1.08 bits per heavy atom. The summed E-state index contributed by atoms with van der Waals surface area (Å²) in [7, 11) is 0. The molecule has 2 aromatic carbocycles. The van der Waals surface area contributed by atoms with Crippen molar-refractivity contribution in [2.75, 3.05) is 0 Å². The summed E-state index contributed by atoms with van der Waals surface area (Å²) in [5, 5.41) is 20.1. The lowest BCUT2D eigenvalue weighted by atomic mass is 10.1. The van der Waals surface area contributed by atoms with Gasteiger partial charge in [0, 0.05) is 10.8 Å². The average Bonchev–Trinajstić information content (AvgIpc) is 2.07. The number of halogens is 1. The van der Waals surface area contributed by atoms with Crippen LogP contribution in [0, 0.1) is 0 Å². The third-order valence-corrected chi connectivity index (χ3v) is 1.88. The number of rotatable bonds is 0. The van der Waals surface area contributed by atoms with E-state index in [0.29, 0.717) is 10.8 Å². The van der Waals surface area contributed by atoms with Gasteiger partial charge in [0.05, 0.1) is 0 Å². The van der Waals surface area contributed by atoms with E-state index >= 15 is 0 Å². The highest BCUT2D eigenvalue weighted by Crippen LogP contribution is 2.29. The predicted octanol–water partition coefficient (Wildman–Crippen LogP) is 2.67. The second kappa shape index (κ2) is 3.54. The van der Waals surface area contributed by atoms with E-state index < -0.39 is 0 Å². The van der Waals surface area contributed by atoms with Crippen LogP contribution in [-0.4, -0.2) is 10.2 Å². The Morgan fingerprint density at radius 1 is 0.692 bits per heavy atom. The first-order valence-electron chi connectivity index (χ1n) is 3.69. The predicted molar refractivity (Wildman–Crippen MR) is 54.5 cm³/mol. The zero-order valence-corrected chi connectivity index (χ0v) is 7.58. The topological polar surface area (TPSA) is 40.5 Å². The van der Waals surface area contributed by atoms with Crippen molar-refractivity contribution in [3.8, 4) is 11.5 Å². The van der Waals surface area contributed by atoms with Gasteiger partial charge < -0.3 is 10.2 Å². The molecular formula is C10H9ClO2. The maximum Gasteiger partial charge on any atom is 0.123 e. The molecule has 2 aromatic rings. The van der Waals surface area contributed by atoms with Gasteiger partial charge in [0.2, 0.25) is 0 Å². The second-order valence-corrected chi connectivity index (χ2v) is 2.65. The molecule has 3 heteroatoms. The van der Waals surface area contributed by atoms with Gasteiger partial charge in [-0.25, -0.2) is 0 Å². The summed E-state index contributed by atoms with van der Waals surface area (Å²) in [5.74, 6) is 0.395. The minimum atomic E-state index is 0. The van der Waals surface area contributed by atoms with Crippen LogP contribution in [-0.2, 0) is 0 Å². The molecule has 0 spiro atoms. The third-order valence-electron chi connectivity index (χ3n) is 1.88. The van der Waals surface area contributed by atoms with Crippen LogP contribution in [0.1, 0.15) is 0 Å². The Balaban J connectivity index is 0.000000845. The molecule has 2 nitrogen and oxygen atoms in total. The zero-order valence-electron chi connectivity index (χ0n) is 6.77. The van der Waals surface area contributed by atoms with Crippen molar-refractivity contribution in [1.29, 1.82) is 0 Å². The van der Waals surface area contributed by atoms with E-state index in [-0.39, 0.29) is 23.9 Å². The van der Waals surface area contributed by atoms with Crippen molar-refractivity contribution in [2.24, 2.45) is 0 Å². The molecule has 0 aliphatic rings. The highest BCUT2D eigenvalue weighted by molar-refractivity contribution is 5.92. The number of hydrogen-bond acceptors (Lipinski definition) is 2. The van der Waals surface area contributed by atoms with Crippen LogP contribution in [0.4, 0.5) is 0 Å². The lowest BCUT2D eigenvalue weighted by Gasteiger charge is -2.01. The maximum atomic E-state index is 9.38. The van der Waals surface area contributed by atoms with Gasteiger partial charge >= 0.3 is 0 Å². The molecule has 0 saturated heterocycles. The monoisotopic (exact) mass is 196 g/mol. The van der Waals surface area contributed by atoms with E-state index in [4.69, 9.17) is 0 Å². The molecule has 0 amide bonds. The second-order valence-electron chi connectivity index (χ2n) is 2.65. The van der Waals surface area contributed by atoms with E-state index in [1.165, 1.54) is 0 Å². The molecular weight excluding hydrogens is 188 g/mol. The van der Waals surface area contributed by atoms with Crippen molar-refractivity contribution in [3.05, 3.63) is 36.4 Å². The number of hydrogen-bond donors (Lipinski definition) is 2. The Bertz CT molecular complexity index is 385. The summed E-state index contributed by atoms with van der Waals surface area (Å²) >= 11 is 0. The van der Waals surface area contributed by atoms with Crippen LogP contribution in [0.2, 0.25) is 0 Å². The van der Waals surface area contributed by atoms with E-state index in [2.05, 4.69) is 0 Å². The normalized spacial score (nSPS) is 9.54. The molecule has 0 unspecified atom stereocenters. The fourth-order valence-electron chi connectivity index (χ4n) is 1.28.